The van der Waals surface area contributed by atoms with Gasteiger partial charge in [-0.1, -0.05) is 57.2 Å². The minimum Gasteiger partial charge on any atom is -0.334 e. The zero-order valence-electron chi connectivity index (χ0n) is 17.0. The van der Waals surface area contributed by atoms with Gasteiger partial charge in [0.25, 0.3) is 0 Å². The van der Waals surface area contributed by atoms with Crippen LogP contribution < -0.4 is 15.4 Å². The van der Waals surface area contributed by atoms with Crippen molar-refractivity contribution in [3.05, 3.63) is 65.2 Å². The SMILES string of the molecule is CC(NC(=O)NCc1ccc(C(C)(C)C)cc1)c1ccc(NS(C)(=O)=O)cc1. The highest BCUT2D eigenvalue weighted by Gasteiger charge is 2.13. The van der Waals surface area contributed by atoms with Crippen LogP contribution in [0.25, 0.3) is 0 Å². The molecular formula is C21H29N3O3S. The zero-order valence-corrected chi connectivity index (χ0v) is 17.9. The first-order chi connectivity index (χ1) is 12.9. The van der Waals surface area contributed by atoms with E-state index in [1.807, 2.05) is 19.1 Å². The molecule has 0 saturated carbocycles. The molecule has 0 radical (unpaired) electrons. The van der Waals surface area contributed by atoms with Crippen molar-refractivity contribution in [2.24, 2.45) is 0 Å². The van der Waals surface area contributed by atoms with Gasteiger partial charge in [0.05, 0.1) is 12.3 Å². The molecule has 0 spiro atoms. The van der Waals surface area contributed by atoms with Gasteiger partial charge in [0.1, 0.15) is 0 Å². The van der Waals surface area contributed by atoms with E-state index in [1.54, 1.807) is 24.3 Å². The molecule has 2 aromatic rings. The Morgan fingerprint density at radius 1 is 1.00 bits per heavy atom. The minimum absolute atomic E-state index is 0.102. The van der Waals surface area contributed by atoms with Gasteiger partial charge in [-0.2, -0.15) is 0 Å². The molecule has 2 aromatic carbocycles. The van der Waals surface area contributed by atoms with Crippen LogP contribution in [0.1, 0.15) is 50.4 Å². The molecule has 2 amide bonds. The normalized spacial score (nSPS) is 12.9. The van der Waals surface area contributed by atoms with Crippen molar-refractivity contribution in [1.82, 2.24) is 10.6 Å². The van der Waals surface area contributed by atoms with E-state index >= 15 is 0 Å². The number of sulfonamides is 1. The van der Waals surface area contributed by atoms with Crippen LogP contribution in [-0.2, 0) is 22.0 Å². The molecular weight excluding hydrogens is 374 g/mol. The summed E-state index contributed by atoms with van der Waals surface area (Å²) in [6, 6.07) is 14.7. The van der Waals surface area contributed by atoms with Crippen LogP contribution in [0.5, 0.6) is 0 Å². The molecule has 2 rings (SSSR count). The Bertz CT molecular complexity index is 899. The fraction of sp³-hybridized carbons (Fsp3) is 0.381. The lowest BCUT2D eigenvalue weighted by molar-refractivity contribution is 0.237. The highest BCUT2D eigenvalue weighted by molar-refractivity contribution is 7.92. The largest absolute Gasteiger partial charge is 0.334 e. The summed E-state index contributed by atoms with van der Waals surface area (Å²) < 4.78 is 24.9. The number of benzene rings is 2. The van der Waals surface area contributed by atoms with Crippen LogP contribution in [0.4, 0.5) is 10.5 Å². The van der Waals surface area contributed by atoms with E-state index in [9.17, 15) is 13.2 Å². The molecule has 0 aliphatic heterocycles. The Kier molecular flexibility index (Phi) is 6.72. The standard InChI is InChI=1S/C21H29N3O3S/c1-15(17-8-12-19(13-9-17)24-28(5,26)27)23-20(25)22-14-16-6-10-18(11-7-16)21(2,3)4/h6-13,15,24H,14H2,1-5H3,(H2,22,23,25). The second-order valence-corrected chi connectivity index (χ2v) is 9.74. The summed E-state index contributed by atoms with van der Waals surface area (Å²) >= 11 is 0. The van der Waals surface area contributed by atoms with Crippen molar-refractivity contribution in [3.8, 4) is 0 Å². The number of urea groups is 1. The molecule has 0 aliphatic carbocycles. The fourth-order valence-electron chi connectivity index (χ4n) is 2.69. The maximum Gasteiger partial charge on any atom is 0.315 e. The number of hydrogen-bond donors (Lipinski definition) is 3. The lowest BCUT2D eigenvalue weighted by Gasteiger charge is -2.19. The van der Waals surface area contributed by atoms with Crippen LogP contribution in [0.2, 0.25) is 0 Å². The Hall–Kier alpha value is -2.54. The van der Waals surface area contributed by atoms with E-state index in [-0.39, 0.29) is 17.5 Å². The maximum atomic E-state index is 12.2. The van der Waals surface area contributed by atoms with Crippen LogP contribution in [-0.4, -0.2) is 20.7 Å². The molecule has 0 aliphatic rings. The van der Waals surface area contributed by atoms with E-state index in [4.69, 9.17) is 0 Å². The van der Waals surface area contributed by atoms with Gasteiger partial charge in [-0.05, 0) is 41.2 Å². The number of amides is 2. The number of nitrogens with one attached hydrogen (secondary N) is 3. The summed E-state index contributed by atoms with van der Waals surface area (Å²) in [6.07, 6.45) is 1.10. The molecule has 0 saturated heterocycles. The quantitative estimate of drug-likeness (QED) is 0.683. The molecule has 0 aromatic heterocycles. The van der Waals surface area contributed by atoms with Gasteiger partial charge in [-0.3, -0.25) is 4.72 Å². The highest BCUT2D eigenvalue weighted by Crippen LogP contribution is 2.22. The summed E-state index contributed by atoms with van der Waals surface area (Å²) in [7, 11) is -3.30. The summed E-state index contributed by atoms with van der Waals surface area (Å²) in [4.78, 5) is 12.2. The molecule has 1 unspecified atom stereocenters. The van der Waals surface area contributed by atoms with Gasteiger partial charge in [-0.15, -0.1) is 0 Å². The smallest absolute Gasteiger partial charge is 0.315 e. The molecule has 0 heterocycles. The predicted molar refractivity (Wildman–Crippen MR) is 114 cm³/mol. The number of anilines is 1. The van der Waals surface area contributed by atoms with Gasteiger partial charge in [0.2, 0.25) is 10.0 Å². The molecule has 1 atom stereocenters. The van der Waals surface area contributed by atoms with Crippen LogP contribution in [0, 0.1) is 0 Å². The van der Waals surface area contributed by atoms with Gasteiger partial charge >= 0.3 is 6.03 Å². The minimum atomic E-state index is -3.30. The van der Waals surface area contributed by atoms with Crippen molar-refractivity contribution >= 4 is 21.7 Å². The van der Waals surface area contributed by atoms with Gasteiger partial charge in [0, 0.05) is 12.2 Å². The summed E-state index contributed by atoms with van der Waals surface area (Å²) in [6.45, 7) is 8.81. The van der Waals surface area contributed by atoms with Gasteiger partial charge in [-0.25, -0.2) is 13.2 Å². The molecule has 28 heavy (non-hydrogen) atoms. The van der Waals surface area contributed by atoms with Gasteiger partial charge < -0.3 is 10.6 Å². The van der Waals surface area contributed by atoms with Crippen LogP contribution in [0.3, 0.4) is 0 Å². The average molecular weight is 404 g/mol. The molecule has 3 N–H and O–H groups in total. The second-order valence-electron chi connectivity index (χ2n) is 7.99. The Balaban J connectivity index is 1.87. The van der Waals surface area contributed by atoms with Crippen molar-refractivity contribution in [2.75, 3.05) is 11.0 Å². The number of hydrogen-bond acceptors (Lipinski definition) is 3. The maximum absolute atomic E-state index is 12.2. The first kappa shape index (κ1) is 21.8. The lowest BCUT2D eigenvalue weighted by atomic mass is 9.87. The van der Waals surface area contributed by atoms with E-state index in [0.29, 0.717) is 12.2 Å². The topological polar surface area (TPSA) is 87.3 Å². The lowest BCUT2D eigenvalue weighted by Crippen LogP contribution is -2.36. The third-order valence-electron chi connectivity index (χ3n) is 4.33. The second kappa shape index (κ2) is 8.65. The molecule has 7 heteroatoms. The highest BCUT2D eigenvalue weighted by atomic mass is 32.2. The monoisotopic (exact) mass is 403 g/mol. The Morgan fingerprint density at radius 3 is 2.07 bits per heavy atom. The summed E-state index contributed by atoms with van der Waals surface area (Å²) in [5.74, 6) is 0. The average Bonchev–Trinajstić information content (AvgIpc) is 2.59. The molecule has 6 nitrogen and oxygen atoms in total. The van der Waals surface area contributed by atoms with E-state index in [0.717, 1.165) is 17.4 Å². The third-order valence-corrected chi connectivity index (χ3v) is 4.94. The van der Waals surface area contributed by atoms with E-state index in [1.165, 1.54) is 5.56 Å². The van der Waals surface area contributed by atoms with Crippen molar-refractivity contribution < 1.29 is 13.2 Å². The fourth-order valence-corrected chi connectivity index (χ4v) is 3.25. The van der Waals surface area contributed by atoms with Gasteiger partial charge in [0.15, 0.2) is 0 Å². The molecule has 0 fully saturated rings. The first-order valence-electron chi connectivity index (χ1n) is 9.15. The third kappa shape index (κ3) is 6.88. The number of rotatable bonds is 6. The van der Waals surface area contributed by atoms with Crippen molar-refractivity contribution in [2.45, 2.75) is 45.7 Å². The van der Waals surface area contributed by atoms with E-state index in [2.05, 4.69) is 48.3 Å². The number of carbonyl (C=O) groups excluding carboxylic acids is 1. The number of carbonyl (C=O) groups is 1. The Morgan fingerprint density at radius 2 is 1.57 bits per heavy atom. The molecule has 152 valence electrons. The predicted octanol–water partition coefficient (Wildman–Crippen LogP) is 3.92. The summed E-state index contributed by atoms with van der Waals surface area (Å²) in [5.41, 5.74) is 3.76. The van der Waals surface area contributed by atoms with Crippen molar-refractivity contribution in [3.63, 3.8) is 0 Å². The summed E-state index contributed by atoms with van der Waals surface area (Å²) in [5, 5.41) is 5.74. The van der Waals surface area contributed by atoms with Crippen molar-refractivity contribution in [1.29, 1.82) is 0 Å². The first-order valence-corrected chi connectivity index (χ1v) is 11.0. The zero-order chi connectivity index (χ0) is 20.9. The van der Waals surface area contributed by atoms with E-state index < -0.39 is 10.0 Å². The molecule has 0 bridgehead atoms. The van der Waals surface area contributed by atoms with Crippen LogP contribution in [0.15, 0.2) is 48.5 Å². The Labute approximate surface area is 167 Å². The van der Waals surface area contributed by atoms with Crippen LogP contribution >= 0.6 is 0 Å².